The molecule has 110 valence electrons. The molecule has 19 heavy (non-hydrogen) atoms. The van der Waals surface area contributed by atoms with E-state index in [4.69, 9.17) is 4.74 Å². The Morgan fingerprint density at radius 3 is 2.68 bits per heavy atom. The van der Waals surface area contributed by atoms with Gasteiger partial charge < -0.3 is 10.1 Å². The zero-order chi connectivity index (χ0) is 13.1. The predicted octanol–water partition coefficient (Wildman–Crippen LogP) is 3.89. The molecule has 0 amide bonds. The minimum Gasteiger partial charge on any atom is -0.375 e. The lowest BCUT2D eigenvalue weighted by molar-refractivity contribution is -0.126. The fraction of sp³-hybridized carbons (Fsp3) is 1.00. The van der Waals surface area contributed by atoms with Gasteiger partial charge in [-0.2, -0.15) is 0 Å². The van der Waals surface area contributed by atoms with Crippen LogP contribution in [0.3, 0.4) is 0 Å². The van der Waals surface area contributed by atoms with Crippen molar-refractivity contribution in [2.75, 3.05) is 13.2 Å². The highest BCUT2D eigenvalue weighted by molar-refractivity contribution is 4.95. The average molecular weight is 265 g/mol. The van der Waals surface area contributed by atoms with Gasteiger partial charge >= 0.3 is 0 Å². The quantitative estimate of drug-likeness (QED) is 0.836. The van der Waals surface area contributed by atoms with E-state index in [2.05, 4.69) is 12.2 Å². The SMILES string of the molecule is CCNC1CCCC1C1CCOC2(CCCCC2)C1. The normalized spacial score (nSPS) is 38.7. The zero-order valence-corrected chi connectivity index (χ0v) is 12.6. The van der Waals surface area contributed by atoms with Crippen molar-refractivity contribution in [1.29, 1.82) is 0 Å². The second-order valence-corrected chi connectivity index (χ2v) is 7.10. The largest absolute Gasteiger partial charge is 0.375 e. The van der Waals surface area contributed by atoms with Crippen LogP contribution in [0.4, 0.5) is 0 Å². The second-order valence-electron chi connectivity index (χ2n) is 7.10. The molecular weight excluding hydrogens is 234 g/mol. The van der Waals surface area contributed by atoms with Crippen LogP contribution >= 0.6 is 0 Å². The third kappa shape index (κ3) is 3.00. The molecule has 1 heterocycles. The Hall–Kier alpha value is -0.0800. The lowest BCUT2D eigenvalue weighted by atomic mass is 9.71. The summed E-state index contributed by atoms with van der Waals surface area (Å²) in [4.78, 5) is 0. The number of rotatable bonds is 3. The molecule has 3 aliphatic rings. The lowest BCUT2D eigenvalue weighted by Gasteiger charge is -2.46. The van der Waals surface area contributed by atoms with Crippen molar-refractivity contribution in [3.63, 3.8) is 0 Å². The molecule has 2 aliphatic carbocycles. The molecule has 0 aromatic heterocycles. The van der Waals surface area contributed by atoms with Crippen molar-refractivity contribution in [2.24, 2.45) is 11.8 Å². The van der Waals surface area contributed by atoms with E-state index in [1.54, 1.807) is 0 Å². The highest BCUT2D eigenvalue weighted by atomic mass is 16.5. The van der Waals surface area contributed by atoms with Crippen LogP contribution in [0.15, 0.2) is 0 Å². The van der Waals surface area contributed by atoms with Crippen LogP contribution in [-0.4, -0.2) is 24.8 Å². The van der Waals surface area contributed by atoms with Crippen LogP contribution in [0.1, 0.15) is 71.1 Å². The van der Waals surface area contributed by atoms with E-state index in [1.807, 2.05) is 0 Å². The van der Waals surface area contributed by atoms with Crippen molar-refractivity contribution in [2.45, 2.75) is 82.8 Å². The van der Waals surface area contributed by atoms with E-state index >= 15 is 0 Å². The maximum atomic E-state index is 6.27. The van der Waals surface area contributed by atoms with Crippen LogP contribution < -0.4 is 5.32 Å². The summed E-state index contributed by atoms with van der Waals surface area (Å²) in [5.41, 5.74) is 0.292. The summed E-state index contributed by atoms with van der Waals surface area (Å²) in [5.74, 6) is 1.86. The molecule has 1 N–H and O–H groups in total. The molecule has 3 atom stereocenters. The van der Waals surface area contributed by atoms with Gasteiger partial charge in [-0.05, 0) is 56.9 Å². The van der Waals surface area contributed by atoms with Gasteiger partial charge in [-0.3, -0.25) is 0 Å². The third-order valence-electron chi connectivity index (χ3n) is 5.94. The van der Waals surface area contributed by atoms with Crippen molar-refractivity contribution >= 4 is 0 Å². The molecule has 3 unspecified atom stereocenters. The number of ether oxygens (including phenoxy) is 1. The Morgan fingerprint density at radius 2 is 1.89 bits per heavy atom. The van der Waals surface area contributed by atoms with E-state index < -0.39 is 0 Å². The lowest BCUT2D eigenvalue weighted by Crippen LogP contribution is -2.46. The van der Waals surface area contributed by atoms with Crippen molar-refractivity contribution in [3.05, 3.63) is 0 Å². The Kier molecular flexibility index (Phi) is 4.48. The van der Waals surface area contributed by atoms with Gasteiger partial charge in [-0.1, -0.05) is 32.6 Å². The molecule has 2 heteroatoms. The van der Waals surface area contributed by atoms with Crippen LogP contribution in [0.2, 0.25) is 0 Å². The van der Waals surface area contributed by atoms with Crippen LogP contribution in [0.5, 0.6) is 0 Å². The first-order chi connectivity index (χ1) is 9.33. The third-order valence-corrected chi connectivity index (χ3v) is 5.94. The Bertz CT molecular complexity index is 279. The van der Waals surface area contributed by atoms with Crippen LogP contribution in [0, 0.1) is 11.8 Å². The first kappa shape index (κ1) is 13.9. The van der Waals surface area contributed by atoms with Gasteiger partial charge in [0, 0.05) is 12.6 Å². The number of nitrogens with one attached hydrogen (secondary N) is 1. The molecule has 3 rings (SSSR count). The number of hydrogen-bond donors (Lipinski definition) is 1. The Labute approximate surface area is 118 Å². The monoisotopic (exact) mass is 265 g/mol. The van der Waals surface area contributed by atoms with Gasteiger partial charge in [0.15, 0.2) is 0 Å². The minimum atomic E-state index is 0.292. The molecule has 0 radical (unpaired) electrons. The van der Waals surface area contributed by atoms with Gasteiger partial charge in [0.1, 0.15) is 0 Å². The topological polar surface area (TPSA) is 21.3 Å². The highest BCUT2D eigenvalue weighted by Crippen LogP contribution is 2.46. The van der Waals surface area contributed by atoms with Gasteiger partial charge in [-0.25, -0.2) is 0 Å². The molecule has 0 aromatic rings. The van der Waals surface area contributed by atoms with E-state index in [9.17, 15) is 0 Å². The molecular formula is C17H31NO. The smallest absolute Gasteiger partial charge is 0.0685 e. The summed E-state index contributed by atoms with van der Waals surface area (Å²) >= 11 is 0. The molecule has 1 aliphatic heterocycles. The highest BCUT2D eigenvalue weighted by Gasteiger charge is 2.43. The number of hydrogen-bond acceptors (Lipinski definition) is 2. The van der Waals surface area contributed by atoms with Gasteiger partial charge in [0.2, 0.25) is 0 Å². The molecule has 1 spiro atoms. The molecule has 2 nitrogen and oxygen atoms in total. The maximum absolute atomic E-state index is 6.27. The van der Waals surface area contributed by atoms with E-state index in [0.29, 0.717) is 5.60 Å². The standard InChI is InChI=1S/C17H31NO/c1-2-18-16-8-6-7-15(16)14-9-12-19-17(13-14)10-4-3-5-11-17/h14-16,18H,2-13H2,1H3. The molecule has 1 saturated heterocycles. The van der Waals surface area contributed by atoms with Gasteiger partial charge in [0.25, 0.3) is 0 Å². The van der Waals surface area contributed by atoms with E-state index in [-0.39, 0.29) is 0 Å². The Balaban J connectivity index is 1.64. The van der Waals surface area contributed by atoms with Gasteiger partial charge in [0.05, 0.1) is 5.60 Å². The molecule has 3 fully saturated rings. The zero-order valence-electron chi connectivity index (χ0n) is 12.6. The summed E-state index contributed by atoms with van der Waals surface area (Å²) in [7, 11) is 0. The van der Waals surface area contributed by atoms with Crippen molar-refractivity contribution in [3.8, 4) is 0 Å². The summed E-state index contributed by atoms with van der Waals surface area (Å²) in [6.07, 6.45) is 13.9. The first-order valence-electron chi connectivity index (χ1n) is 8.70. The van der Waals surface area contributed by atoms with E-state index in [1.165, 1.54) is 64.2 Å². The molecule has 0 bridgehead atoms. The predicted molar refractivity (Wildman–Crippen MR) is 79.3 cm³/mol. The maximum Gasteiger partial charge on any atom is 0.0685 e. The molecule has 0 aromatic carbocycles. The van der Waals surface area contributed by atoms with E-state index in [0.717, 1.165) is 31.0 Å². The second kappa shape index (κ2) is 6.13. The summed E-state index contributed by atoms with van der Waals surface area (Å²) < 4.78 is 6.27. The minimum absolute atomic E-state index is 0.292. The summed E-state index contributed by atoms with van der Waals surface area (Å²) in [5, 5.41) is 3.74. The fourth-order valence-corrected chi connectivity index (χ4v) is 5.04. The van der Waals surface area contributed by atoms with Crippen molar-refractivity contribution < 1.29 is 4.74 Å². The first-order valence-corrected chi connectivity index (χ1v) is 8.70. The fourth-order valence-electron chi connectivity index (χ4n) is 5.04. The summed E-state index contributed by atoms with van der Waals surface area (Å²) in [6, 6.07) is 0.800. The molecule has 2 saturated carbocycles. The van der Waals surface area contributed by atoms with Gasteiger partial charge in [-0.15, -0.1) is 0 Å². The summed E-state index contributed by atoms with van der Waals surface area (Å²) in [6.45, 7) is 4.41. The van der Waals surface area contributed by atoms with Crippen LogP contribution in [0.25, 0.3) is 0 Å². The van der Waals surface area contributed by atoms with Crippen molar-refractivity contribution in [1.82, 2.24) is 5.32 Å². The van der Waals surface area contributed by atoms with Crippen LogP contribution in [-0.2, 0) is 4.74 Å². The average Bonchev–Trinajstić information content (AvgIpc) is 2.88. The Morgan fingerprint density at radius 1 is 1.05 bits per heavy atom.